The van der Waals surface area contributed by atoms with Crippen LogP contribution in [0.2, 0.25) is 0 Å². The molecule has 12 heavy (non-hydrogen) atoms. The monoisotopic (exact) mass is 189 g/mol. The zero-order valence-corrected chi connectivity index (χ0v) is 8.69. The lowest BCUT2D eigenvalue weighted by Gasteiger charge is -2.30. The Bertz CT molecular complexity index is 191. The standard InChI is InChI=1S/C9H16ClNO/c1-7-4-9(2,3)11(6-7)8(12)5-10/h7H,4-6H2,1-3H3. The molecule has 1 fully saturated rings. The lowest BCUT2D eigenvalue weighted by molar-refractivity contribution is -0.131. The van der Waals surface area contributed by atoms with Crippen LogP contribution in [0.5, 0.6) is 0 Å². The van der Waals surface area contributed by atoms with E-state index < -0.39 is 0 Å². The minimum atomic E-state index is 0.00535. The summed E-state index contributed by atoms with van der Waals surface area (Å²) in [4.78, 5) is 13.3. The molecule has 0 aromatic heterocycles. The molecule has 70 valence electrons. The van der Waals surface area contributed by atoms with Crippen molar-refractivity contribution in [2.24, 2.45) is 5.92 Å². The number of alkyl halides is 1. The molecule has 1 aliphatic heterocycles. The fourth-order valence-electron chi connectivity index (χ4n) is 2.10. The molecule has 0 aromatic rings. The van der Waals surface area contributed by atoms with E-state index in [0.717, 1.165) is 13.0 Å². The summed E-state index contributed by atoms with van der Waals surface area (Å²) in [5, 5.41) is 0. The van der Waals surface area contributed by atoms with Gasteiger partial charge in [0, 0.05) is 12.1 Å². The van der Waals surface area contributed by atoms with E-state index in [9.17, 15) is 4.79 Å². The molecule has 1 saturated heterocycles. The predicted octanol–water partition coefficient (Wildman–Crippen LogP) is 1.87. The number of hydrogen-bond donors (Lipinski definition) is 0. The van der Waals surface area contributed by atoms with E-state index in [1.165, 1.54) is 0 Å². The molecule has 0 aromatic carbocycles. The van der Waals surface area contributed by atoms with Gasteiger partial charge < -0.3 is 4.90 Å². The Morgan fingerprint density at radius 3 is 2.58 bits per heavy atom. The smallest absolute Gasteiger partial charge is 0.237 e. The fourth-order valence-corrected chi connectivity index (χ4v) is 2.24. The molecule has 0 spiro atoms. The first-order valence-electron chi connectivity index (χ1n) is 4.34. The third kappa shape index (κ3) is 1.74. The third-order valence-electron chi connectivity index (χ3n) is 2.49. The molecule has 1 rings (SSSR count). The average molecular weight is 190 g/mol. The van der Waals surface area contributed by atoms with Crippen molar-refractivity contribution < 1.29 is 4.79 Å². The predicted molar refractivity (Wildman–Crippen MR) is 50.3 cm³/mol. The molecule has 1 heterocycles. The van der Waals surface area contributed by atoms with E-state index in [4.69, 9.17) is 11.6 Å². The first-order chi connectivity index (χ1) is 5.47. The largest absolute Gasteiger partial charge is 0.336 e. The second kappa shape index (κ2) is 3.25. The highest BCUT2D eigenvalue weighted by Crippen LogP contribution is 2.32. The number of halogens is 1. The lowest BCUT2D eigenvalue weighted by atomic mass is 9.98. The summed E-state index contributed by atoms with van der Waals surface area (Å²) in [6.07, 6.45) is 1.08. The molecule has 0 radical (unpaired) electrons. The van der Waals surface area contributed by atoms with Crippen LogP contribution < -0.4 is 0 Å². The highest BCUT2D eigenvalue weighted by Gasteiger charge is 2.38. The van der Waals surface area contributed by atoms with Crippen LogP contribution in [0.1, 0.15) is 27.2 Å². The Hall–Kier alpha value is -0.240. The zero-order chi connectivity index (χ0) is 9.35. The topological polar surface area (TPSA) is 20.3 Å². The number of amides is 1. The van der Waals surface area contributed by atoms with Gasteiger partial charge in [-0.15, -0.1) is 11.6 Å². The van der Waals surface area contributed by atoms with Crippen LogP contribution >= 0.6 is 11.6 Å². The van der Waals surface area contributed by atoms with Gasteiger partial charge in [0.1, 0.15) is 5.88 Å². The number of hydrogen-bond acceptors (Lipinski definition) is 1. The van der Waals surface area contributed by atoms with Crippen LogP contribution in [0.4, 0.5) is 0 Å². The fraction of sp³-hybridized carbons (Fsp3) is 0.889. The van der Waals surface area contributed by atoms with Crippen molar-refractivity contribution in [2.45, 2.75) is 32.7 Å². The van der Waals surface area contributed by atoms with Crippen molar-refractivity contribution >= 4 is 17.5 Å². The summed E-state index contributed by atoms with van der Waals surface area (Å²) in [5.74, 6) is 0.772. The molecular formula is C9H16ClNO. The normalized spacial score (nSPS) is 27.7. The summed E-state index contributed by atoms with van der Waals surface area (Å²) in [7, 11) is 0. The van der Waals surface area contributed by atoms with Crippen LogP contribution in [-0.4, -0.2) is 28.8 Å². The van der Waals surface area contributed by atoms with E-state index >= 15 is 0 Å². The maximum Gasteiger partial charge on any atom is 0.237 e. The van der Waals surface area contributed by atoms with Gasteiger partial charge in [0.05, 0.1) is 0 Å². The van der Waals surface area contributed by atoms with Crippen LogP contribution in [-0.2, 0) is 4.79 Å². The summed E-state index contributed by atoms with van der Waals surface area (Å²) < 4.78 is 0. The summed E-state index contributed by atoms with van der Waals surface area (Å²) >= 11 is 5.52. The van der Waals surface area contributed by atoms with Gasteiger partial charge in [-0.05, 0) is 26.2 Å². The SMILES string of the molecule is CC1CN(C(=O)CCl)C(C)(C)C1. The highest BCUT2D eigenvalue weighted by atomic mass is 35.5. The molecule has 1 amide bonds. The summed E-state index contributed by atoms with van der Waals surface area (Å²) in [6.45, 7) is 7.23. The molecule has 0 bridgehead atoms. The molecular weight excluding hydrogens is 174 g/mol. The van der Waals surface area contributed by atoms with Gasteiger partial charge in [0.15, 0.2) is 0 Å². The van der Waals surface area contributed by atoms with Gasteiger partial charge in [-0.3, -0.25) is 4.79 Å². The van der Waals surface area contributed by atoms with Gasteiger partial charge in [-0.1, -0.05) is 6.92 Å². The second-order valence-electron chi connectivity index (χ2n) is 4.26. The zero-order valence-electron chi connectivity index (χ0n) is 7.93. The number of carbonyl (C=O) groups excluding carboxylic acids is 1. The van der Waals surface area contributed by atoms with Gasteiger partial charge in [-0.2, -0.15) is 0 Å². The van der Waals surface area contributed by atoms with Gasteiger partial charge in [0.25, 0.3) is 0 Å². The first kappa shape index (κ1) is 9.85. The van der Waals surface area contributed by atoms with Crippen molar-refractivity contribution in [3.05, 3.63) is 0 Å². The van der Waals surface area contributed by atoms with Crippen molar-refractivity contribution in [2.75, 3.05) is 12.4 Å². The Labute approximate surface area is 78.9 Å². The van der Waals surface area contributed by atoms with Crippen molar-refractivity contribution in [3.8, 4) is 0 Å². The Morgan fingerprint density at radius 1 is 1.67 bits per heavy atom. The third-order valence-corrected chi connectivity index (χ3v) is 2.72. The molecule has 3 heteroatoms. The van der Waals surface area contributed by atoms with E-state index in [1.807, 2.05) is 4.90 Å². The van der Waals surface area contributed by atoms with Crippen LogP contribution in [0, 0.1) is 5.92 Å². The minimum absolute atomic E-state index is 0.00535. The molecule has 1 unspecified atom stereocenters. The van der Waals surface area contributed by atoms with Crippen LogP contribution in [0.3, 0.4) is 0 Å². The number of nitrogens with zero attached hydrogens (tertiary/aromatic N) is 1. The molecule has 0 aliphatic carbocycles. The second-order valence-corrected chi connectivity index (χ2v) is 4.53. The molecule has 0 saturated carbocycles. The number of likely N-dealkylation sites (tertiary alicyclic amines) is 1. The van der Waals surface area contributed by atoms with Crippen molar-refractivity contribution in [1.82, 2.24) is 4.90 Å². The Morgan fingerprint density at radius 2 is 2.25 bits per heavy atom. The molecule has 0 N–H and O–H groups in total. The first-order valence-corrected chi connectivity index (χ1v) is 4.87. The molecule has 1 aliphatic rings. The molecule has 2 nitrogen and oxygen atoms in total. The van der Waals surface area contributed by atoms with E-state index in [1.54, 1.807) is 0 Å². The summed E-state index contributed by atoms with van der Waals surface area (Å²) in [6, 6.07) is 0. The van der Waals surface area contributed by atoms with Crippen molar-refractivity contribution in [1.29, 1.82) is 0 Å². The number of rotatable bonds is 1. The maximum atomic E-state index is 11.4. The quantitative estimate of drug-likeness (QED) is 0.577. The van der Waals surface area contributed by atoms with Crippen LogP contribution in [0.15, 0.2) is 0 Å². The Kier molecular flexibility index (Phi) is 2.67. The van der Waals surface area contributed by atoms with Gasteiger partial charge >= 0.3 is 0 Å². The average Bonchev–Trinajstić information content (AvgIpc) is 2.23. The van der Waals surface area contributed by atoms with E-state index in [2.05, 4.69) is 20.8 Å². The van der Waals surface area contributed by atoms with Gasteiger partial charge in [-0.25, -0.2) is 0 Å². The maximum absolute atomic E-state index is 11.4. The lowest BCUT2D eigenvalue weighted by Crippen LogP contribution is -2.43. The van der Waals surface area contributed by atoms with Crippen LogP contribution in [0.25, 0.3) is 0 Å². The summed E-state index contributed by atoms with van der Waals surface area (Å²) in [5.41, 5.74) is 0.00535. The molecule has 1 atom stereocenters. The van der Waals surface area contributed by atoms with Crippen molar-refractivity contribution in [3.63, 3.8) is 0 Å². The van der Waals surface area contributed by atoms with Gasteiger partial charge in [0.2, 0.25) is 5.91 Å². The van der Waals surface area contributed by atoms with E-state index in [-0.39, 0.29) is 17.3 Å². The van der Waals surface area contributed by atoms with E-state index in [0.29, 0.717) is 5.92 Å². The number of carbonyl (C=O) groups is 1. The highest BCUT2D eigenvalue weighted by molar-refractivity contribution is 6.27. The minimum Gasteiger partial charge on any atom is -0.336 e. The Balaban J connectivity index is 2.71.